The third-order valence-corrected chi connectivity index (χ3v) is 2.80. The van der Waals surface area contributed by atoms with Gasteiger partial charge in [0.05, 0.1) is 0 Å². The van der Waals surface area contributed by atoms with Crippen molar-refractivity contribution >= 4 is 11.6 Å². The molecule has 0 aliphatic carbocycles. The van der Waals surface area contributed by atoms with Crippen LogP contribution in [-0.2, 0) is 12.1 Å². The van der Waals surface area contributed by atoms with Crippen molar-refractivity contribution in [2.45, 2.75) is 12.1 Å². The zero-order valence-electron chi connectivity index (χ0n) is 9.21. The molecule has 1 nitrogen and oxygen atoms in total. The van der Waals surface area contributed by atoms with Crippen molar-refractivity contribution in [1.82, 2.24) is 4.98 Å². The van der Waals surface area contributed by atoms with Gasteiger partial charge < -0.3 is 0 Å². The summed E-state index contributed by atoms with van der Waals surface area (Å²) in [5.41, 5.74) is 0.0474. The van der Waals surface area contributed by atoms with E-state index in [-0.39, 0.29) is 11.4 Å². The monoisotopic (exact) mass is 271 g/mol. The normalized spacial score (nSPS) is 11.6. The maximum atomic E-state index is 12.9. The Morgan fingerprint density at radius 2 is 1.72 bits per heavy atom. The van der Waals surface area contributed by atoms with Crippen LogP contribution in [0.1, 0.15) is 11.3 Å². The smallest absolute Gasteiger partial charge is 0.251 e. The molecule has 0 amide bonds. The molecule has 94 valence electrons. The van der Waals surface area contributed by atoms with E-state index in [9.17, 15) is 13.2 Å². The van der Waals surface area contributed by atoms with Crippen LogP contribution in [0.5, 0.6) is 0 Å². The first-order valence-corrected chi connectivity index (χ1v) is 5.74. The Morgan fingerprint density at radius 3 is 2.28 bits per heavy atom. The third-order valence-electron chi connectivity index (χ3n) is 2.51. The minimum absolute atomic E-state index is 0.00975. The molecule has 1 heterocycles. The summed E-state index contributed by atoms with van der Waals surface area (Å²) in [5.74, 6) is 0.00975. The molecule has 1 aromatic heterocycles. The highest BCUT2D eigenvalue weighted by molar-refractivity contribution is 6.17. The van der Waals surface area contributed by atoms with E-state index in [4.69, 9.17) is 11.6 Å². The van der Waals surface area contributed by atoms with Crippen LogP contribution in [0.3, 0.4) is 0 Å². The zero-order valence-corrected chi connectivity index (χ0v) is 9.96. The summed E-state index contributed by atoms with van der Waals surface area (Å²) in [6, 6.07) is 9.84. The van der Waals surface area contributed by atoms with Gasteiger partial charge in [-0.1, -0.05) is 30.3 Å². The van der Waals surface area contributed by atoms with Gasteiger partial charge in [-0.05, 0) is 17.2 Å². The molecular weight excluding hydrogens is 263 g/mol. The summed E-state index contributed by atoms with van der Waals surface area (Å²) in [7, 11) is 0. The Labute approximate surface area is 107 Å². The lowest BCUT2D eigenvalue weighted by Gasteiger charge is -2.14. The molecule has 0 bridgehead atoms. The number of nitrogens with zero attached hydrogens (tertiary/aromatic N) is 1. The van der Waals surface area contributed by atoms with Gasteiger partial charge in [-0.15, -0.1) is 11.6 Å². The lowest BCUT2D eigenvalue weighted by Crippen LogP contribution is -2.11. The van der Waals surface area contributed by atoms with Crippen LogP contribution in [0.15, 0.2) is 42.6 Å². The predicted octanol–water partition coefficient (Wildman–Crippen LogP) is 4.51. The fourth-order valence-corrected chi connectivity index (χ4v) is 1.98. The van der Waals surface area contributed by atoms with Crippen LogP contribution < -0.4 is 0 Å². The quantitative estimate of drug-likeness (QED) is 0.733. The van der Waals surface area contributed by atoms with Gasteiger partial charge in [-0.25, -0.2) is 0 Å². The molecule has 2 rings (SSSR count). The topological polar surface area (TPSA) is 12.9 Å². The number of aromatic nitrogens is 1. The average Bonchev–Trinajstić information content (AvgIpc) is 2.38. The molecule has 0 unspecified atom stereocenters. The second-order valence-electron chi connectivity index (χ2n) is 3.69. The van der Waals surface area contributed by atoms with Gasteiger partial charge in [-0.2, -0.15) is 13.2 Å². The summed E-state index contributed by atoms with van der Waals surface area (Å²) < 4.78 is 38.8. The molecule has 0 saturated heterocycles. The van der Waals surface area contributed by atoms with E-state index in [1.54, 1.807) is 30.3 Å². The van der Waals surface area contributed by atoms with Crippen molar-refractivity contribution in [3.8, 4) is 11.1 Å². The average molecular weight is 272 g/mol. The fraction of sp³-hybridized carbons (Fsp3) is 0.154. The van der Waals surface area contributed by atoms with Gasteiger partial charge in [0.25, 0.3) is 0 Å². The molecule has 0 fully saturated rings. The molecule has 1 aromatic carbocycles. The van der Waals surface area contributed by atoms with E-state index >= 15 is 0 Å². The number of pyridine rings is 1. The molecule has 18 heavy (non-hydrogen) atoms. The first kappa shape index (κ1) is 12.9. The van der Waals surface area contributed by atoms with Crippen LogP contribution in [0, 0.1) is 0 Å². The molecule has 0 saturated carbocycles. The Morgan fingerprint density at radius 1 is 1.06 bits per heavy atom. The minimum Gasteiger partial charge on any atom is -0.251 e. The second kappa shape index (κ2) is 4.98. The van der Waals surface area contributed by atoms with Gasteiger partial charge in [0, 0.05) is 17.6 Å². The van der Waals surface area contributed by atoms with Crippen molar-refractivity contribution in [3.63, 3.8) is 0 Å². The van der Waals surface area contributed by atoms with Gasteiger partial charge in [0.2, 0.25) is 0 Å². The first-order chi connectivity index (χ1) is 8.54. The highest BCUT2D eigenvalue weighted by atomic mass is 35.5. The van der Waals surface area contributed by atoms with Gasteiger partial charge >= 0.3 is 6.18 Å². The number of hydrogen-bond acceptors (Lipinski definition) is 1. The van der Waals surface area contributed by atoms with Gasteiger partial charge in [-0.3, -0.25) is 4.98 Å². The molecule has 0 spiro atoms. The Hall–Kier alpha value is -1.55. The van der Waals surface area contributed by atoms with Crippen molar-refractivity contribution in [2.24, 2.45) is 0 Å². The molecule has 5 heteroatoms. The van der Waals surface area contributed by atoms with E-state index in [2.05, 4.69) is 4.98 Å². The summed E-state index contributed by atoms with van der Waals surface area (Å²) in [6.07, 6.45) is -3.36. The van der Waals surface area contributed by atoms with Crippen LogP contribution in [0.4, 0.5) is 13.2 Å². The highest BCUT2D eigenvalue weighted by Gasteiger charge is 2.36. The number of hydrogen-bond donors (Lipinski definition) is 0. The van der Waals surface area contributed by atoms with Crippen molar-refractivity contribution < 1.29 is 13.2 Å². The summed E-state index contributed by atoms with van der Waals surface area (Å²) in [5, 5.41) is 0. The van der Waals surface area contributed by atoms with E-state index in [0.29, 0.717) is 11.1 Å². The zero-order chi connectivity index (χ0) is 13.2. The lowest BCUT2D eigenvalue weighted by molar-refractivity contribution is -0.140. The van der Waals surface area contributed by atoms with Crippen LogP contribution in [0.25, 0.3) is 11.1 Å². The van der Waals surface area contributed by atoms with Crippen LogP contribution >= 0.6 is 11.6 Å². The van der Waals surface area contributed by atoms with Crippen LogP contribution in [-0.4, -0.2) is 4.98 Å². The molecule has 0 N–H and O–H groups in total. The summed E-state index contributed by atoms with van der Waals surface area (Å²) in [6.45, 7) is 0. The van der Waals surface area contributed by atoms with Crippen molar-refractivity contribution in [2.75, 3.05) is 0 Å². The van der Waals surface area contributed by atoms with Crippen molar-refractivity contribution in [3.05, 3.63) is 53.9 Å². The SMILES string of the molecule is FC(F)(F)c1nccc(CCl)c1-c1ccccc1. The van der Waals surface area contributed by atoms with E-state index < -0.39 is 11.9 Å². The number of rotatable bonds is 2. The standard InChI is InChI=1S/C13H9ClF3N/c14-8-10-6-7-18-12(13(15,16)17)11(10)9-4-2-1-3-5-9/h1-7H,8H2. The number of benzene rings is 1. The van der Waals surface area contributed by atoms with E-state index in [1.807, 2.05) is 0 Å². The Kier molecular flexibility index (Phi) is 3.57. The molecule has 0 radical (unpaired) electrons. The summed E-state index contributed by atoms with van der Waals surface area (Å²) in [4.78, 5) is 3.45. The maximum Gasteiger partial charge on any atom is 0.433 e. The second-order valence-corrected chi connectivity index (χ2v) is 3.96. The number of alkyl halides is 4. The highest BCUT2D eigenvalue weighted by Crippen LogP contribution is 2.37. The molecule has 0 aliphatic rings. The van der Waals surface area contributed by atoms with Crippen LogP contribution in [0.2, 0.25) is 0 Å². The maximum absolute atomic E-state index is 12.9. The van der Waals surface area contributed by atoms with Gasteiger partial charge in [0.1, 0.15) is 0 Å². The molecular formula is C13H9ClF3N. The Balaban J connectivity index is 2.70. The van der Waals surface area contributed by atoms with Gasteiger partial charge in [0.15, 0.2) is 5.69 Å². The van der Waals surface area contributed by atoms with E-state index in [0.717, 1.165) is 6.20 Å². The number of halogens is 4. The lowest BCUT2D eigenvalue weighted by atomic mass is 9.99. The fourth-order valence-electron chi connectivity index (χ4n) is 1.75. The first-order valence-electron chi connectivity index (χ1n) is 5.20. The third kappa shape index (κ3) is 2.48. The summed E-state index contributed by atoms with van der Waals surface area (Å²) >= 11 is 5.71. The minimum atomic E-state index is -4.49. The molecule has 0 aliphatic heterocycles. The molecule has 2 aromatic rings. The van der Waals surface area contributed by atoms with Crippen molar-refractivity contribution in [1.29, 1.82) is 0 Å². The Bertz CT molecular complexity index is 538. The largest absolute Gasteiger partial charge is 0.433 e. The van der Waals surface area contributed by atoms with E-state index in [1.165, 1.54) is 6.07 Å². The predicted molar refractivity (Wildman–Crippen MR) is 64.2 cm³/mol. The molecule has 0 atom stereocenters.